The van der Waals surface area contributed by atoms with Crippen LogP contribution in [0.1, 0.15) is 47.9 Å². The van der Waals surface area contributed by atoms with Crippen LogP contribution in [0.4, 0.5) is 5.00 Å². The summed E-state index contributed by atoms with van der Waals surface area (Å²) in [7, 11) is 0. The molecule has 2 aromatic rings. The number of thiophene rings is 1. The van der Waals surface area contributed by atoms with Gasteiger partial charge in [0.15, 0.2) is 17.6 Å². The summed E-state index contributed by atoms with van der Waals surface area (Å²) in [5.74, 6) is -0.946. The Bertz CT molecular complexity index is 880. The van der Waals surface area contributed by atoms with E-state index in [0.717, 1.165) is 17.8 Å². The van der Waals surface area contributed by atoms with Crippen molar-refractivity contribution in [3.63, 3.8) is 0 Å². The SMILES string of the molecule is CCCOc1ccc(C(=O)OC(C)C(=O)Nc2sccc2C(N)=O)cc1OCC. The largest absolute Gasteiger partial charge is 0.490 e. The summed E-state index contributed by atoms with van der Waals surface area (Å²) < 4.78 is 16.4. The molecule has 0 aliphatic carbocycles. The van der Waals surface area contributed by atoms with E-state index in [2.05, 4.69) is 5.32 Å². The molecule has 29 heavy (non-hydrogen) atoms. The number of hydrogen-bond donors (Lipinski definition) is 2. The summed E-state index contributed by atoms with van der Waals surface area (Å²) in [5, 5.41) is 4.48. The van der Waals surface area contributed by atoms with Crippen molar-refractivity contribution in [2.24, 2.45) is 5.73 Å². The van der Waals surface area contributed by atoms with Crippen LogP contribution in [0.3, 0.4) is 0 Å². The van der Waals surface area contributed by atoms with Crippen molar-refractivity contribution in [1.82, 2.24) is 0 Å². The predicted octanol–water partition coefficient (Wildman–Crippen LogP) is 3.22. The first-order valence-corrected chi connectivity index (χ1v) is 10.0. The lowest BCUT2D eigenvalue weighted by atomic mass is 10.2. The van der Waals surface area contributed by atoms with Crippen LogP contribution in [-0.2, 0) is 9.53 Å². The van der Waals surface area contributed by atoms with E-state index in [-0.39, 0.29) is 11.1 Å². The molecule has 1 unspecified atom stereocenters. The third-order valence-corrected chi connectivity index (χ3v) is 4.59. The number of hydrogen-bond acceptors (Lipinski definition) is 7. The minimum atomic E-state index is -1.09. The van der Waals surface area contributed by atoms with Crippen LogP contribution in [0, 0.1) is 0 Å². The smallest absolute Gasteiger partial charge is 0.339 e. The summed E-state index contributed by atoms with van der Waals surface area (Å²) in [4.78, 5) is 36.1. The average Bonchev–Trinajstić information content (AvgIpc) is 3.15. The molecular formula is C20H24N2O6S. The summed E-state index contributed by atoms with van der Waals surface area (Å²) >= 11 is 1.15. The Morgan fingerprint density at radius 2 is 1.90 bits per heavy atom. The third-order valence-electron chi connectivity index (χ3n) is 3.76. The molecule has 2 rings (SSSR count). The molecule has 3 N–H and O–H groups in total. The number of esters is 1. The van der Waals surface area contributed by atoms with Gasteiger partial charge in [0.2, 0.25) is 0 Å². The van der Waals surface area contributed by atoms with Gasteiger partial charge in [0, 0.05) is 0 Å². The van der Waals surface area contributed by atoms with E-state index in [1.54, 1.807) is 17.5 Å². The molecule has 9 heteroatoms. The first-order chi connectivity index (χ1) is 13.9. The number of amides is 2. The highest BCUT2D eigenvalue weighted by atomic mass is 32.1. The molecule has 2 amide bonds. The number of carbonyl (C=O) groups excluding carboxylic acids is 3. The number of ether oxygens (including phenoxy) is 3. The molecule has 1 heterocycles. The van der Waals surface area contributed by atoms with E-state index in [0.29, 0.717) is 29.7 Å². The van der Waals surface area contributed by atoms with Crippen LogP contribution in [0.2, 0.25) is 0 Å². The lowest BCUT2D eigenvalue weighted by molar-refractivity contribution is -0.123. The fourth-order valence-electron chi connectivity index (χ4n) is 2.33. The summed E-state index contributed by atoms with van der Waals surface area (Å²) in [6, 6.07) is 6.21. The molecule has 0 spiro atoms. The normalized spacial score (nSPS) is 11.4. The van der Waals surface area contributed by atoms with Crippen LogP contribution in [0.25, 0.3) is 0 Å². The van der Waals surface area contributed by atoms with Crippen LogP contribution < -0.4 is 20.5 Å². The molecule has 8 nitrogen and oxygen atoms in total. The standard InChI is InChI=1S/C20H24N2O6S/c1-4-9-27-15-7-6-13(11-16(15)26-5-2)20(25)28-12(3)18(24)22-19-14(17(21)23)8-10-29-19/h6-8,10-12H,4-5,9H2,1-3H3,(H2,21,23)(H,22,24). The van der Waals surface area contributed by atoms with Gasteiger partial charge < -0.3 is 25.3 Å². The van der Waals surface area contributed by atoms with Crippen molar-refractivity contribution in [3.8, 4) is 11.5 Å². The number of nitrogens with one attached hydrogen (secondary N) is 1. The summed E-state index contributed by atoms with van der Waals surface area (Å²) in [6.45, 7) is 6.18. The van der Waals surface area contributed by atoms with Crippen molar-refractivity contribution in [3.05, 3.63) is 40.8 Å². The molecule has 1 atom stereocenters. The number of benzene rings is 1. The predicted molar refractivity (Wildman–Crippen MR) is 110 cm³/mol. The minimum Gasteiger partial charge on any atom is -0.490 e. The molecule has 0 radical (unpaired) electrons. The molecular weight excluding hydrogens is 396 g/mol. The van der Waals surface area contributed by atoms with E-state index in [4.69, 9.17) is 19.9 Å². The average molecular weight is 420 g/mol. The van der Waals surface area contributed by atoms with Crippen molar-refractivity contribution in [2.75, 3.05) is 18.5 Å². The molecule has 0 saturated heterocycles. The lowest BCUT2D eigenvalue weighted by Gasteiger charge is -2.15. The Hall–Kier alpha value is -3.07. The van der Waals surface area contributed by atoms with E-state index < -0.39 is 23.9 Å². The first-order valence-electron chi connectivity index (χ1n) is 9.16. The summed E-state index contributed by atoms with van der Waals surface area (Å²) in [5.41, 5.74) is 5.69. The fourth-order valence-corrected chi connectivity index (χ4v) is 3.13. The van der Waals surface area contributed by atoms with Gasteiger partial charge in [0.25, 0.3) is 11.8 Å². The molecule has 1 aromatic heterocycles. The van der Waals surface area contributed by atoms with Crippen LogP contribution >= 0.6 is 11.3 Å². The number of anilines is 1. The summed E-state index contributed by atoms with van der Waals surface area (Å²) in [6.07, 6.45) is -0.249. The zero-order chi connectivity index (χ0) is 21.4. The van der Waals surface area contributed by atoms with Crippen molar-refractivity contribution < 1.29 is 28.6 Å². The Morgan fingerprint density at radius 3 is 2.55 bits per heavy atom. The van der Waals surface area contributed by atoms with Gasteiger partial charge in [-0.3, -0.25) is 9.59 Å². The quantitative estimate of drug-likeness (QED) is 0.570. The van der Waals surface area contributed by atoms with Crippen molar-refractivity contribution in [2.45, 2.75) is 33.3 Å². The Balaban J connectivity index is 2.06. The van der Waals surface area contributed by atoms with Gasteiger partial charge >= 0.3 is 5.97 Å². The lowest BCUT2D eigenvalue weighted by Crippen LogP contribution is -2.30. The first kappa shape index (κ1) is 22.2. The van der Waals surface area contributed by atoms with Gasteiger partial charge in [-0.05, 0) is 49.9 Å². The minimum absolute atomic E-state index is 0.200. The fraction of sp³-hybridized carbons (Fsp3) is 0.350. The van der Waals surface area contributed by atoms with Crippen LogP contribution in [0.5, 0.6) is 11.5 Å². The second-order valence-electron chi connectivity index (χ2n) is 6.01. The molecule has 0 bridgehead atoms. The topological polar surface area (TPSA) is 117 Å². The van der Waals surface area contributed by atoms with Crippen molar-refractivity contribution >= 4 is 34.1 Å². The van der Waals surface area contributed by atoms with Crippen LogP contribution in [0.15, 0.2) is 29.6 Å². The van der Waals surface area contributed by atoms with Crippen LogP contribution in [-0.4, -0.2) is 37.1 Å². The highest BCUT2D eigenvalue weighted by Crippen LogP contribution is 2.29. The van der Waals surface area contributed by atoms with Gasteiger partial charge in [0.1, 0.15) is 5.00 Å². The van der Waals surface area contributed by atoms with E-state index in [1.807, 2.05) is 13.8 Å². The Morgan fingerprint density at radius 1 is 1.14 bits per heavy atom. The number of carbonyl (C=O) groups is 3. The Kier molecular flexibility index (Phi) is 8.02. The number of nitrogens with two attached hydrogens (primary N) is 1. The highest BCUT2D eigenvalue weighted by Gasteiger charge is 2.22. The zero-order valence-electron chi connectivity index (χ0n) is 16.5. The van der Waals surface area contributed by atoms with Gasteiger partial charge in [-0.25, -0.2) is 4.79 Å². The molecule has 0 aliphatic rings. The second kappa shape index (κ2) is 10.5. The monoisotopic (exact) mass is 420 g/mol. The molecule has 0 aliphatic heterocycles. The second-order valence-corrected chi connectivity index (χ2v) is 6.92. The maximum Gasteiger partial charge on any atom is 0.339 e. The van der Waals surface area contributed by atoms with Gasteiger partial charge in [-0.2, -0.15) is 0 Å². The van der Waals surface area contributed by atoms with E-state index >= 15 is 0 Å². The third kappa shape index (κ3) is 5.95. The van der Waals surface area contributed by atoms with Gasteiger partial charge in [-0.15, -0.1) is 11.3 Å². The number of primary amides is 1. The molecule has 1 aromatic carbocycles. The number of rotatable bonds is 10. The van der Waals surface area contributed by atoms with Gasteiger partial charge in [0.05, 0.1) is 24.3 Å². The van der Waals surface area contributed by atoms with Crippen molar-refractivity contribution in [1.29, 1.82) is 0 Å². The van der Waals surface area contributed by atoms with E-state index in [9.17, 15) is 14.4 Å². The maximum absolute atomic E-state index is 12.4. The molecule has 0 fully saturated rings. The molecule has 0 saturated carbocycles. The van der Waals surface area contributed by atoms with Gasteiger partial charge in [-0.1, -0.05) is 6.92 Å². The Labute approximate surface area is 172 Å². The molecule has 156 valence electrons. The highest BCUT2D eigenvalue weighted by molar-refractivity contribution is 7.14. The zero-order valence-corrected chi connectivity index (χ0v) is 17.3. The maximum atomic E-state index is 12.4. The van der Waals surface area contributed by atoms with E-state index in [1.165, 1.54) is 19.1 Å².